The highest BCUT2D eigenvalue weighted by Gasteiger charge is 2.01. The van der Waals surface area contributed by atoms with Gasteiger partial charge in [-0.3, -0.25) is 0 Å². The summed E-state index contributed by atoms with van der Waals surface area (Å²) in [6, 6.07) is 8.20. The number of para-hydroxylation sites is 2. The summed E-state index contributed by atoms with van der Waals surface area (Å²) >= 11 is 1.97. The summed E-state index contributed by atoms with van der Waals surface area (Å²) in [5, 5.41) is 0. The standard InChI is InChI=1S/C13H18N2S/c1-2-3-6-9-16-10-13-14-11-7-4-5-8-12(11)15-13/h4-5,7-8H,2-3,6,9-10H2,1H3,(H,14,15). The minimum absolute atomic E-state index is 0.998. The van der Waals surface area contributed by atoms with Crippen LogP contribution in [0.2, 0.25) is 0 Å². The molecular formula is C13H18N2S. The van der Waals surface area contributed by atoms with Gasteiger partial charge in [-0.2, -0.15) is 11.8 Å². The van der Waals surface area contributed by atoms with Gasteiger partial charge in [-0.15, -0.1) is 0 Å². The lowest BCUT2D eigenvalue weighted by Crippen LogP contribution is -1.86. The summed E-state index contributed by atoms with van der Waals surface area (Å²) in [5.74, 6) is 3.34. The van der Waals surface area contributed by atoms with Crippen LogP contribution >= 0.6 is 11.8 Å². The molecule has 0 saturated heterocycles. The number of nitrogens with zero attached hydrogens (tertiary/aromatic N) is 1. The van der Waals surface area contributed by atoms with Crippen LogP contribution in [-0.2, 0) is 5.75 Å². The molecule has 1 heterocycles. The third kappa shape index (κ3) is 3.01. The normalized spacial score (nSPS) is 11.1. The maximum atomic E-state index is 4.55. The van der Waals surface area contributed by atoms with Crippen LogP contribution in [0.3, 0.4) is 0 Å². The first-order valence-corrected chi connectivity index (χ1v) is 7.07. The highest BCUT2D eigenvalue weighted by Crippen LogP contribution is 2.16. The Morgan fingerprint density at radius 2 is 2.12 bits per heavy atom. The second-order valence-corrected chi connectivity index (χ2v) is 5.07. The molecular weight excluding hydrogens is 216 g/mol. The monoisotopic (exact) mass is 234 g/mol. The van der Waals surface area contributed by atoms with Crippen LogP contribution in [0.4, 0.5) is 0 Å². The van der Waals surface area contributed by atoms with E-state index in [9.17, 15) is 0 Å². The summed E-state index contributed by atoms with van der Waals surface area (Å²) < 4.78 is 0. The van der Waals surface area contributed by atoms with E-state index in [1.807, 2.05) is 23.9 Å². The molecule has 0 radical (unpaired) electrons. The van der Waals surface area contributed by atoms with E-state index in [-0.39, 0.29) is 0 Å². The van der Waals surface area contributed by atoms with Gasteiger partial charge in [0.05, 0.1) is 16.8 Å². The third-order valence-electron chi connectivity index (χ3n) is 2.57. The molecule has 0 amide bonds. The average Bonchev–Trinajstić information content (AvgIpc) is 2.71. The second kappa shape index (κ2) is 5.94. The van der Waals surface area contributed by atoms with E-state index >= 15 is 0 Å². The highest BCUT2D eigenvalue weighted by atomic mass is 32.2. The van der Waals surface area contributed by atoms with Crippen molar-refractivity contribution in [2.45, 2.75) is 31.9 Å². The number of unbranched alkanes of at least 4 members (excludes halogenated alkanes) is 2. The molecule has 0 aliphatic rings. The lowest BCUT2D eigenvalue weighted by molar-refractivity contribution is 0.778. The Labute approximate surface area is 101 Å². The van der Waals surface area contributed by atoms with Crippen LogP contribution in [0, 0.1) is 0 Å². The number of thioether (sulfide) groups is 1. The average molecular weight is 234 g/mol. The van der Waals surface area contributed by atoms with Gasteiger partial charge >= 0.3 is 0 Å². The van der Waals surface area contributed by atoms with Crippen molar-refractivity contribution >= 4 is 22.8 Å². The second-order valence-electron chi connectivity index (χ2n) is 3.96. The Balaban J connectivity index is 1.85. The van der Waals surface area contributed by atoms with Gasteiger partial charge in [0.15, 0.2) is 0 Å². The molecule has 2 rings (SSSR count). The largest absolute Gasteiger partial charge is 0.341 e. The molecule has 2 nitrogen and oxygen atoms in total. The molecule has 0 aliphatic carbocycles. The van der Waals surface area contributed by atoms with Crippen LogP contribution in [0.1, 0.15) is 32.0 Å². The van der Waals surface area contributed by atoms with Crippen molar-refractivity contribution in [1.29, 1.82) is 0 Å². The number of imidazole rings is 1. The number of hydrogen-bond acceptors (Lipinski definition) is 2. The van der Waals surface area contributed by atoms with Gasteiger partial charge in [0.2, 0.25) is 0 Å². The van der Waals surface area contributed by atoms with E-state index in [0.29, 0.717) is 0 Å². The molecule has 0 bridgehead atoms. The number of fused-ring (bicyclic) bond motifs is 1. The SMILES string of the molecule is CCCCCSCc1nc2ccccc2[nH]1. The van der Waals surface area contributed by atoms with Crippen molar-refractivity contribution in [3.8, 4) is 0 Å². The zero-order chi connectivity index (χ0) is 11.2. The van der Waals surface area contributed by atoms with Gasteiger partial charge in [-0.05, 0) is 24.3 Å². The van der Waals surface area contributed by atoms with Crippen molar-refractivity contribution in [3.63, 3.8) is 0 Å². The molecule has 0 atom stereocenters. The summed E-state index contributed by atoms with van der Waals surface area (Å²) in [4.78, 5) is 7.91. The Bertz CT molecular complexity index is 403. The number of H-pyrrole nitrogens is 1. The van der Waals surface area contributed by atoms with Crippen LogP contribution in [0.25, 0.3) is 11.0 Å². The van der Waals surface area contributed by atoms with Crippen molar-refractivity contribution in [2.75, 3.05) is 5.75 Å². The number of nitrogens with one attached hydrogen (secondary N) is 1. The fourth-order valence-corrected chi connectivity index (χ4v) is 2.58. The number of aromatic amines is 1. The van der Waals surface area contributed by atoms with Gasteiger partial charge in [0.1, 0.15) is 5.82 Å². The summed E-state index contributed by atoms with van der Waals surface area (Å²) in [5.41, 5.74) is 2.22. The maximum absolute atomic E-state index is 4.55. The van der Waals surface area contributed by atoms with Crippen LogP contribution in [0.5, 0.6) is 0 Å². The van der Waals surface area contributed by atoms with Gasteiger partial charge in [-0.25, -0.2) is 4.98 Å². The summed E-state index contributed by atoms with van der Waals surface area (Å²) in [6.45, 7) is 2.24. The number of benzene rings is 1. The molecule has 1 aromatic carbocycles. The number of hydrogen-bond donors (Lipinski definition) is 1. The predicted octanol–water partition coefficient (Wildman–Crippen LogP) is 3.99. The quantitative estimate of drug-likeness (QED) is 0.766. The molecule has 3 heteroatoms. The van der Waals surface area contributed by atoms with Crippen LogP contribution < -0.4 is 0 Å². The van der Waals surface area contributed by atoms with E-state index in [0.717, 1.165) is 22.6 Å². The van der Waals surface area contributed by atoms with Crippen LogP contribution in [-0.4, -0.2) is 15.7 Å². The molecule has 1 aromatic heterocycles. The van der Waals surface area contributed by atoms with E-state index in [1.165, 1.54) is 25.0 Å². The highest BCUT2D eigenvalue weighted by molar-refractivity contribution is 7.98. The molecule has 0 fully saturated rings. The molecule has 1 N–H and O–H groups in total. The van der Waals surface area contributed by atoms with Gasteiger partial charge in [-0.1, -0.05) is 31.9 Å². The Kier molecular flexibility index (Phi) is 4.28. The number of rotatable bonds is 6. The minimum Gasteiger partial charge on any atom is -0.341 e. The molecule has 0 spiro atoms. The van der Waals surface area contributed by atoms with Gasteiger partial charge in [0, 0.05) is 0 Å². The zero-order valence-electron chi connectivity index (χ0n) is 9.70. The van der Waals surface area contributed by atoms with Crippen molar-refractivity contribution in [2.24, 2.45) is 0 Å². The smallest absolute Gasteiger partial charge is 0.117 e. The van der Waals surface area contributed by atoms with Crippen molar-refractivity contribution in [1.82, 2.24) is 9.97 Å². The zero-order valence-corrected chi connectivity index (χ0v) is 10.5. The fraction of sp³-hybridized carbons (Fsp3) is 0.462. The molecule has 16 heavy (non-hydrogen) atoms. The lowest BCUT2D eigenvalue weighted by Gasteiger charge is -1.97. The molecule has 0 saturated carbocycles. The summed E-state index contributed by atoms with van der Waals surface area (Å²) in [6.07, 6.45) is 3.96. The topological polar surface area (TPSA) is 28.7 Å². The van der Waals surface area contributed by atoms with Crippen molar-refractivity contribution in [3.05, 3.63) is 30.1 Å². The molecule has 86 valence electrons. The molecule has 0 aliphatic heterocycles. The van der Waals surface area contributed by atoms with E-state index in [4.69, 9.17) is 0 Å². The van der Waals surface area contributed by atoms with Crippen molar-refractivity contribution < 1.29 is 0 Å². The third-order valence-corrected chi connectivity index (χ3v) is 3.62. The predicted molar refractivity (Wildman–Crippen MR) is 71.8 cm³/mol. The van der Waals surface area contributed by atoms with Crippen LogP contribution in [0.15, 0.2) is 24.3 Å². The number of aromatic nitrogens is 2. The van der Waals surface area contributed by atoms with Gasteiger partial charge < -0.3 is 4.98 Å². The first kappa shape index (κ1) is 11.5. The van der Waals surface area contributed by atoms with E-state index in [1.54, 1.807) is 0 Å². The summed E-state index contributed by atoms with van der Waals surface area (Å²) in [7, 11) is 0. The fourth-order valence-electron chi connectivity index (χ4n) is 1.70. The first-order chi connectivity index (χ1) is 7.90. The maximum Gasteiger partial charge on any atom is 0.117 e. The van der Waals surface area contributed by atoms with Gasteiger partial charge in [0.25, 0.3) is 0 Å². The van der Waals surface area contributed by atoms with E-state index < -0.39 is 0 Å². The van der Waals surface area contributed by atoms with E-state index in [2.05, 4.69) is 29.0 Å². The lowest BCUT2D eigenvalue weighted by atomic mass is 10.3. The molecule has 2 aromatic rings. The Morgan fingerprint density at radius 3 is 2.94 bits per heavy atom. The molecule has 0 unspecified atom stereocenters. The Morgan fingerprint density at radius 1 is 1.25 bits per heavy atom. The first-order valence-electron chi connectivity index (χ1n) is 5.91. The minimum atomic E-state index is 0.998. The Hall–Kier alpha value is -0.960.